The molecular weight excluding hydrogens is 412 g/mol. The van der Waals surface area contributed by atoms with E-state index in [1.54, 1.807) is 24.3 Å². The molecule has 1 atom stereocenters. The van der Waals surface area contributed by atoms with Crippen molar-refractivity contribution in [1.29, 1.82) is 0 Å². The van der Waals surface area contributed by atoms with Crippen molar-refractivity contribution in [2.24, 2.45) is 0 Å². The predicted molar refractivity (Wildman–Crippen MR) is 112 cm³/mol. The molecular formula is C20H22N2O7S. The van der Waals surface area contributed by atoms with E-state index in [1.807, 2.05) is 6.92 Å². The fourth-order valence-electron chi connectivity index (χ4n) is 3.43. The monoisotopic (exact) mass is 434 g/mol. The van der Waals surface area contributed by atoms with Crippen molar-refractivity contribution in [2.45, 2.75) is 13.0 Å². The summed E-state index contributed by atoms with van der Waals surface area (Å²) in [4.78, 5) is 10.8. The van der Waals surface area contributed by atoms with E-state index in [4.69, 9.17) is 9.47 Å². The van der Waals surface area contributed by atoms with Gasteiger partial charge < -0.3 is 19.1 Å². The number of non-ortho nitro benzene ring substituents is 1. The van der Waals surface area contributed by atoms with Crippen LogP contribution in [0.15, 0.2) is 42.6 Å². The summed E-state index contributed by atoms with van der Waals surface area (Å²) in [5.74, 6) is 0.210. The molecule has 0 fully saturated rings. The summed E-state index contributed by atoms with van der Waals surface area (Å²) in [5, 5.41) is 22.7. The highest BCUT2D eigenvalue weighted by Crippen LogP contribution is 2.40. The third-order valence-corrected chi connectivity index (χ3v) is 5.61. The molecule has 0 aliphatic rings. The van der Waals surface area contributed by atoms with Crippen molar-refractivity contribution in [2.75, 3.05) is 25.7 Å². The number of rotatable bonds is 8. The maximum atomic E-state index is 12.2. The summed E-state index contributed by atoms with van der Waals surface area (Å²) in [5.41, 5.74) is 0.287. The Kier molecular flexibility index (Phi) is 5.88. The Morgan fingerprint density at radius 1 is 1.23 bits per heavy atom. The first-order valence-electron chi connectivity index (χ1n) is 9.11. The van der Waals surface area contributed by atoms with Gasteiger partial charge in [0.05, 0.1) is 30.4 Å². The van der Waals surface area contributed by atoms with E-state index in [0.717, 1.165) is 6.26 Å². The average Bonchev–Trinajstić information content (AvgIpc) is 3.02. The quantitative estimate of drug-likeness (QED) is 0.426. The van der Waals surface area contributed by atoms with Gasteiger partial charge in [0.15, 0.2) is 11.5 Å². The SMILES string of the molecule is CCOc1cc(C(CS(C)(=O)=O)n2cc3cccc([N+](=O)[O-])c3c2O)ccc1OC. The number of nitro groups is 1. The Balaban J connectivity index is 2.24. The molecule has 0 saturated carbocycles. The van der Waals surface area contributed by atoms with E-state index >= 15 is 0 Å². The molecule has 0 radical (unpaired) electrons. The maximum Gasteiger partial charge on any atom is 0.282 e. The normalized spacial score (nSPS) is 12.6. The number of hydrogen-bond acceptors (Lipinski definition) is 7. The molecule has 30 heavy (non-hydrogen) atoms. The first-order valence-corrected chi connectivity index (χ1v) is 11.2. The Morgan fingerprint density at radius 2 is 1.97 bits per heavy atom. The Bertz CT molecular complexity index is 1200. The molecule has 160 valence electrons. The number of hydrogen-bond donors (Lipinski definition) is 1. The number of fused-ring (bicyclic) bond motifs is 1. The van der Waals surface area contributed by atoms with Crippen molar-refractivity contribution >= 4 is 26.3 Å². The zero-order valence-corrected chi connectivity index (χ0v) is 17.5. The number of ether oxygens (including phenoxy) is 2. The van der Waals surface area contributed by atoms with Crippen LogP contribution in [0.5, 0.6) is 17.4 Å². The third kappa shape index (κ3) is 4.18. The van der Waals surface area contributed by atoms with E-state index in [1.165, 1.54) is 30.0 Å². The number of nitro benzene ring substituents is 1. The summed E-state index contributed by atoms with van der Waals surface area (Å²) in [7, 11) is -1.98. The Hall–Kier alpha value is -3.27. The van der Waals surface area contributed by atoms with Gasteiger partial charge in [-0.2, -0.15) is 0 Å². The first-order chi connectivity index (χ1) is 14.2. The van der Waals surface area contributed by atoms with Crippen molar-refractivity contribution in [3.05, 3.63) is 58.3 Å². The minimum absolute atomic E-state index is 0.0551. The lowest BCUT2D eigenvalue weighted by Crippen LogP contribution is -2.20. The van der Waals surface area contributed by atoms with Crippen molar-refractivity contribution in [3.63, 3.8) is 0 Å². The van der Waals surface area contributed by atoms with Gasteiger partial charge in [-0.1, -0.05) is 18.2 Å². The Morgan fingerprint density at radius 3 is 2.57 bits per heavy atom. The highest BCUT2D eigenvalue weighted by atomic mass is 32.2. The molecule has 1 N–H and O–H groups in total. The summed E-state index contributed by atoms with van der Waals surface area (Å²) in [6, 6.07) is 8.56. The first kappa shape index (κ1) is 21.4. The lowest BCUT2D eigenvalue weighted by molar-refractivity contribution is -0.383. The van der Waals surface area contributed by atoms with E-state index in [-0.39, 0.29) is 22.7 Å². The van der Waals surface area contributed by atoms with Crippen molar-refractivity contribution in [1.82, 2.24) is 4.57 Å². The number of aromatic hydroxyl groups is 1. The molecule has 0 spiro atoms. The van der Waals surface area contributed by atoms with Crippen LogP contribution in [0, 0.1) is 10.1 Å². The van der Waals surface area contributed by atoms with Gasteiger partial charge in [0.2, 0.25) is 5.88 Å². The summed E-state index contributed by atoms with van der Waals surface area (Å²) in [6.45, 7) is 2.19. The topological polar surface area (TPSA) is 121 Å². The van der Waals surface area contributed by atoms with E-state index in [0.29, 0.717) is 29.1 Å². The van der Waals surface area contributed by atoms with Crippen LogP contribution in [-0.2, 0) is 9.84 Å². The van der Waals surface area contributed by atoms with Crippen molar-refractivity contribution in [3.8, 4) is 17.4 Å². The maximum absolute atomic E-state index is 12.2. The molecule has 0 aliphatic carbocycles. The standard InChI is InChI=1S/C20H22N2O7S/c1-4-29-18-10-13(8-9-17(18)28-2)16(12-30(3,26)27)21-11-14-6-5-7-15(22(24)25)19(14)20(21)23/h5-11,16,23H,4,12H2,1-3H3. The van der Waals surface area contributed by atoms with Gasteiger partial charge in [-0.15, -0.1) is 0 Å². The molecule has 10 heteroatoms. The number of sulfone groups is 1. The van der Waals surface area contributed by atoms with Gasteiger partial charge >= 0.3 is 0 Å². The summed E-state index contributed by atoms with van der Waals surface area (Å²) < 4.78 is 36.5. The van der Waals surface area contributed by atoms with Gasteiger partial charge in [0.1, 0.15) is 15.2 Å². The molecule has 9 nitrogen and oxygen atoms in total. The van der Waals surface area contributed by atoms with E-state index < -0.39 is 20.8 Å². The van der Waals surface area contributed by atoms with Crippen LogP contribution < -0.4 is 9.47 Å². The van der Waals surface area contributed by atoms with E-state index in [9.17, 15) is 23.6 Å². The van der Waals surface area contributed by atoms with Gasteiger partial charge in [-0.3, -0.25) is 10.1 Å². The third-order valence-electron chi connectivity index (χ3n) is 4.69. The highest BCUT2D eigenvalue weighted by Gasteiger charge is 2.27. The largest absolute Gasteiger partial charge is 0.494 e. The number of benzene rings is 2. The number of methoxy groups -OCH3 is 1. The van der Waals surface area contributed by atoms with Gasteiger partial charge in [-0.05, 0) is 24.6 Å². The van der Waals surface area contributed by atoms with Crippen LogP contribution in [-0.4, -0.2) is 48.7 Å². The molecule has 1 heterocycles. The lowest BCUT2D eigenvalue weighted by atomic mass is 10.1. The van der Waals surface area contributed by atoms with Gasteiger partial charge in [0, 0.05) is 23.9 Å². The minimum Gasteiger partial charge on any atom is -0.494 e. The lowest BCUT2D eigenvalue weighted by Gasteiger charge is -2.21. The van der Waals surface area contributed by atoms with Gasteiger partial charge in [-0.25, -0.2) is 8.42 Å². The van der Waals surface area contributed by atoms with E-state index in [2.05, 4.69) is 0 Å². The zero-order chi connectivity index (χ0) is 22.1. The number of nitrogens with zero attached hydrogens (tertiary/aromatic N) is 2. The predicted octanol–water partition coefficient (Wildman–Crippen LogP) is 3.30. The second-order valence-corrected chi connectivity index (χ2v) is 8.99. The smallest absolute Gasteiger partial charge is 0.282 e. The van der Waals surface area contributed by atoms with Crippen LogP contribution in [0.2, 0.25) is 0 Å². The number of aromatic nitrogens is 1. The van der Waals surface area contributed by atoms with Crippen LogP contribution in [0.3, 0.4) is 0 Å². The molecule has 1 aromatic heterocycles. The zero-order valence-electron chi connectivity index (χ0n) is 16.7. The second kappa shape index (κ2) is 8.23. The average molecular weight is 434 g/mol. The Labute approximate surface area is 173 Å². The summed E-state index contributed by atoms with van der Waals surface area (Å²) in [6.07, 6.45) is 2.60. The van der Waals surface area contributed by atoms with Gasteiger partial charge in [0.25, 0.3) is 5.69 Å². The molecule has 0 amide bonds. The fourth-order valence-corrected chi connectivity index (χ4v) is 4.36. The molecule has 3 rings (SSSR count). The molecule has 0 saturated heterocycles. The fraction of sp³-hybridized carbons (Fsp3) is 0.300. The van der Waals surface area contributed by atoms with Crippen LogP contribution >= 0.6 is 0 Å². The van der Waals surface area contributed by atoms with Crippen LogP contribution in [0.4, 0.5) is 5.69 Å². The molecule has 3 aromatic rings. The van der Waals surface area contributed by atoms with Crippen LogP contribution in [0.25, 0.3) is 10.8 Å². The minimum atomic E-state index is -3.48. The van der Waals surface area contributed by atoms with Crippen LogP contribution in [0.1, 0.15) is 18.5 Å². The molecule has 2 aromatic carbocycles. The molecule has 0 aliphatic heterocycles. The molecule has 0 bridgehead atoms. The second-order valence-electron chi connectivity index (χ2n) is 6.81. The highest BCUT2D eigenvalue weighted by molar-refractivity contribution is 7.90. The summed E-state index contributed by atoms with van der Waals surface area (Å²) >= 11 is 0. The molecule has 1 unspecified atom stereocenters. The van der Waals surface area contributed by atoms with Crippen molar-refractivity contribution < 1.29 is 27.9 Å².